The van der Waals surface area contributed by atoms with Gasteiger partial charge in [0.25, 0.3) is 0 Å². The third-order valence-electron chi connectivity index (χ3n) is 3.81. The van der Waals surface area contributed by atoms with E-state index in [1.54, 1.807) is 24.3 Å². The summed E-state index contributed by atoms with van der Waals surface area (Å²) in [6.45, 7) is 2.07. The average molecular weight is 324 g/mol. The molecule has 1 aliphatic heterocycles. The van der Waals surface area contributed by atoms with Gasteiger partial charge in [0.2, 0.25) is 11.8 Å². The average Bonchev–Trinajstić information content (AvgIpc) is 2.54. The number of halogens is 1. The summed E-state index contributed by atoms with van der Waals surface area (Å²) in [5.41, 5.74) is 0.665. The van der Waals surface area contributed by atoms with E-state index in [0.29, 0.717) is 23.0 Å². The van der Waals surface area contributed by atoms with Crippen LogP contribution >= 0.6 is 11.6 Å². The second-order valence-electron chi connectivity index (χ2n) is 5.56. The van der Waals surface area contributed by atoms with Crippen molar-refractivity contribution in [3.8, 4) is 0 Å². The Kier molecular flexibility index (Phi) is 6.68. The summed E-state index contributed by atoms with van der Waals surface area (Å²) in [5, 5.41) is 9.29. The summed E-state index contributed by atoms with van der Waals surface area (Å²) >= 11 is 5.78. The van der Waals surface area contributed by atoms with Gasteiger partial charge in [-0.3, -0.25) is 9.59 Å². The van der Waals surface area contributed by atoms with Crippen LogP contribution in [0.15, 0.2) is 24.3 Å². The summed E-state index contributed by atoms with van der Waals surface area (Å²) in [7, 11) is 0. The highest BCUT2D eigenvalue weighted by molar-refractivity contribution is 6.30. The first-order valence-corrected chi connectivity index (χ1v) is 8.04. The molecule has 0 radical (unpaired) electrons. The van der Waals surface area contributed by atoms with E-state index in [9.17, 15) is 9.59 Å². The van der Waals surface area contributed by atoms with E-state index < -0.39 is 0 Å². The second kappa shape index (κ2) is 8.76. The molecule has 1 aromatic rings. The number of carbonyl (C=O) groups excluding carboxylic acids is 2. The Hall–Kier alpha value is -1.59. The largest absolute Gasteiger partial charge is 0.347 e. The number of rotatable bonds is 6. The highest BCUT2D eigenvalue weighted by Gasteiger charge is 2.14. The summed E-state index contributed by atoms with van der Waals surface area (Å²) in [5.74, 6) is 0.317. The molecule has 0 aliphatic carbocycles. The molecule has 0 bridgehead atoms. The van der Waals surface area contributed by atoms with E-state index in [1.165, 1.54) is 0 Å². The molecule has 1 aliphatic rings. The van der Waals surface area contributed by atoms with Crippen LogP contribution < -0.4 is 16.0 Å². The summed E-state index contributed by atoms with van der Waals surface area (Å²) in [6.07, 6.45) is 3.64. The van der Waals surface area contributed by atoms with Crippen molar-refractivity contribution in [1.82, 2.24) is 10.6 Å². The van der Waals surface area contributed by atoms with Crippen molar-refractivity contribution in [2.75, 3.05) is 25.0 Å². The van der Waals surface area contributed by atoms with Crippen molar-refractivity contribution < 1.29 is 9.59 Å². The molecule has 0 atom stereocenters. The molecule has 1 heterocycles. The van der Waals surface area contributed by atoms with Crippen molar-refractivity contribution in [2.24, 2.45) is 5.92 Å². The van der Waals surface area contributed by atoms with Crippen LogP contribution in [0.2, 0.25) is 5.02 Å². The van der Waals surface area contributed by atoms with Crippen LogP contribution in [0.4, 0.5) is 5.69 Å². The molecule has 0 spiro atoms. The van der Waals surface area contributed by atoms with Crippen LogP contribution in [0, 0.1) is 5.92 Å². The molecule has 22 heavy (non-hydrogen) atoms. The second-order valence-corrected chi connectivity index (χ2v) is 6.00. The summed E-state index contributed by atoms with van der Waals surface area (Å²) < 4.78 is 0. The number of nitrogens with one attached hydrogen (secondary N) is 3. The van der Waals surface area contributed by atoms with E-state index in [2.05, 4.69) is 16.0 Å². The van der Waals surface area contributed by atoms with Crippen LogP contribution in [0.3, 0.4) is 0 Å². The number of hydrogen-bond donors (Lipinski definition) is 3. The predicted molar refractivity (Wildman–Crippen MR) is 87.9 cm³/mol. The van der Waals surface area contributed by atoms with Crippen LogP contribution in [0.25, 0.3) is 0 Å². The van der Waals surface area contributed by atoms with Crippen molar-refractivity contribution in [3.63, 3.8) is 0 Å². The summed E-state index contributed by atoms with van der Waals surface area (Å²) in [6, 6.07) is 6.85. The zero-order valence-electron chi connectivity index (χ0n) is 12.5. The third kappa shape index (κ3) is 6.03. The van der Waals surface area contributed by atoms with Gasteiger partial charge in [0.15, 0.2) is 0 Å². The first kappa shape index (κ1) is 16.8. The van der Waals surface area contributed by atoms with Gasteiger partial charge >= 0.3 is 0 Å². The number of hydrogen-bond acceptors (Lipinski definition) is 3. The number of carbonyl (C=O) groups is 2. The van der Waals surface area contributed by atoms with Gasteiger partial charge in [-0.25, -0.2) is 0 Å². The molecular formula is C16H22ClN3O2. The minimum Gasteiger partial charge on any atom is -0.347 e. The Bertz CT molecular complexity index is 499. The van der Waals surface area contributed by atoms with Crippen molar-refractivity contribution in [2.45, 2.75) is 25.7 Å². The van der Waals surface area contributed by atoms with Gasteiger partial charge in [0, 0.05) is 17.1 Å². The maximum Gasteiger partial charge on any atom is 0.243 e. The van der Waals surface area contributed by atoms with Gasteiger partial charge in [-0.15, -0.1) is 0 Å². The fourth-order valence-electron chi connectivity index (χ4n) is 2.51. The Morgan fingerprint density at radius 2 is 1.82 bits per heavy atom. The molecule has 1 fully saturated rings. The van der Waals surface area contributed by atoms with Crippen molar-refractivity contribution in [1.29, 1.82) is 0 Å². The smallest absolute Gasteiger partial charge is 0.243 e. The quantitative estimate of drug-likeness (QED) is 0.751. The molecule has 5 nitrogen and oxygen atoms in total. The van der Waals surface area contributed by atoms with Crippen molar-refractivity contribution in [3.05, 3.63) is 29.3 Å². The topological polar surface area (TPSA) is 70.2 Å². The van der Waals surface area contributed by atoms with Gasteiger partial charge in [-0.05, 0) is 62.5 Å². The van der Waals surface area contributed by atoms with Gasteiger partial charge in [0.05, 0.1) is 6.54 Å². The Morgan fingerprint density at radius 1 is 1.14 bits per heavy atom. The standard InChI is InChI=1S/C16H22ClN3O2/c17-13-2-4-14(5-3-13)20-16(22)11-19-15(21)6-1-12-7-9-18-10-8-12/h2-5,12,18H,1,6-11H2,(H,19,21)(H,20,22). The minimum absolute atomic E-state index is 0.00627. The maximum atomic E-state index is 11.8. The number of amides is 2. The van der Waals surface area contributed by atoms with Crippen LogP contribution in [0.5, 0.6) is 0 Å². The lowest BCUT2D eigenvalue weighted by Crippen LogP contribution is -2.33. The summed E-state index contributed by atoms with van der Waals surface area (Å²) in [4.78, 5) is 23.5. The third-order valence-corrected chi connectivity index (χ3v) is 4.06. The normalized spacial score (nSPS) is 15.3. The van der Waals surface area contributed by atoms with Crippen molar-refractivity contribution >= 4 is 29.1 Å². The molecule has 1 saturated heterocycles. The van der Waals surface area contributed by atoms with Gasteiger partial charge in [-0.2, -0.15) is 0 Å². The van der Waals surface area contributed by atoms with Gasteiger partial charge in [-0.1, -0.05) is 11.6 Å². The fraction of sp³-hybridized carbons (Fsp3) is 0.500. The monoisotopic (exact) mass is 323 g/mol. The number of anilines is 1. The first-order chi connectivity index (χ1) is 10.6. The lowest BCUT2D eigenvalue weighted by molar-refractivity contribution is -0.124. The minimum atomic E-state index is -0.238. The SMILES string of the molecule is O=C(CCC1CCNCC1)NCC(=O)Nc1ccc(Cl)cc1. The van der Waals surface area contributed by atoms with E-state index in [1.807, 2.05) is 0 Å². The first-order valence-electron chi connectivity index (χ1n) is 7.66. The molecule has 0 aromatic heterocycles. The van der Waals surface area contributed by atoms with Crippen LogP contribution in [-0.4, -0.2) is 31.4 Å². The van der Waals surface area contributed by atoms with Crippen LogP contribution in [-0.2, 0) is 9.59 Å². The number of piperidine rings is 1. The highest BCUT2D eigenvalue weighted by Crippen LogP contribution is 2.17. The number of benzene rings is 1. The predicted octanol–water partition coefficient (Wildman–Crippen LogP) is 2.17. The molecule has 3 N–H and O–H groups in total. The van der Waals surface area contributed by atoms with Gasteiger partial charge < -0.3 is 16.0 Å². The molecule has 6 heteroatoms. The van der Waals surface area contributed by atoms with Crippen LogP contribution in [0.1, 0.15) is 25.7 Å². The zero-order valence-corrected chi connectivity index (χ0v) is 13.3. The fourth-order valence-corrected chi connectivity index (χ4v) is 2.64. The molecule has 1 aromatic carbocycles. The Labute approximate surface area is 135 Å². The molecule has 2 rings (SSSR count). The highest BCUT2D eigenvalue weighted by atomic mass is 35.5. The van der Waals surface area contributed by atoms with E-state index >= 15 is 0 Å². The van der Waals surface area contributed by atoms with E-state index in [0.717, 1.165) is 32.4 Å². The molecule has 0 unspecified atom stereocenters. The molecular weight excluding hydrogens is 302 g/mol. The van der Waals surface area contributed by atoms with Gasteiger partial charge in [0.1, 0.15) is 0 Å². The lowest BCUT2D eigenvalue weighted by Gasteiger charge is -2.22. The van der Waals surface area contributed by atoms with E-state index in [4.69, 9.17) is 11.6 Å². The molecule has 0 saturated carbocycles. The lowest BCUT2D eigenvalue weighted by atomic mass is 9.93. The Morgan fingerprint density at radius 3 is 2.50 bits per heavy atom. The zero-order chi connectivity index (χ0) is 15.8. The maximum absolute atomic E-state index is 11.8. The molecule has 2 amide bonds. The van der Waals surface area contributed by atoms with E-state index in [-0.39, 0.29) is 18.4 Å². The molecule has 120 valence electrons. The Balaban J connectivity index is 1.62.